The maximum atomic E-state index is 10.5. The first-order valence-corrected chi connectivity index (χ1v) is 9.38. The van der Waals surface area contributed by atoms with Crippen LogP contribution in [-0.4, -0.2) is 41.8 Å². The van der Waals surface area contributed by atoms with E-state index in [0.29, 0.717) is 12.4 Å². The number of nitrogens with zero attached hydrogens (tertiary/aromatic N) is 2. The third-order valence-corrected chi connectivity index (χ3v) is 4.39. The molecule has 0 aromatic carbocycles. The lowest BCUT2D eigenvalue weighted by atomic mass is 10.4. The minimum Gasteiger partial charge on any atom is -0.464 e. The van der Waals surface area contributed by atoms with Gasteiger partial charge in [0.15, 0.2) is 5.82 Å². The standard InChI is InChI=1S/C17H26N4O3S/c1-4-9-18-17(13-21(22)23)19-10-11-25-14-16-8-7-15(24-16)12-20(5-2)6-3/h1,7-8,13,18-19H,5-6,9-12,14H2,2-3H3/b17-13-. The average molecular weight is 366 g/mol. The smallest absolute Gasteiger partial charge is 0.274 e. The molecule has 0 saturated carbocycles. The minimum atomic E-state index is -0.515. The minimum absolute atomic E-state index is 0.238. The van der Waals surface area contributed by atoms with E-state index in [1.807, 2.05) is 12.1 Å². The summed E-state index contributed by atoms with van der Waals surface area (Å²) in [5.41, 5.74) is 0. The van der Waals surface area contributed by atoms with Crippen LogP contribution >= 0.6 is 11.8 Å². The van der Waals surface area contributed by atoms with E-state index in [1.165, 1.54) is 0 Å². The van der Waals surface area contributed by atoms with Gasteiger partial charge in [0.2, 0.25) is 0 Å². The molecule has 2 N–H and O–H groups in total. The van der Waals surface area contributed by atoms with Crippen LogP contribution in [-0.2, 0) is 12.3 Å². The molecule has 138 valence electrons. The highest BCUT2D eigenvalue weighted by atomic mass is 32.2. The Labute approximate surface area is 153 Å². The van der Waals surface area contributed by atoms with Crippen LogP contribution in [0.2, 0.25) is 0 Å². The first kappa shape index (κ1) is 20.9. The van der Waals surface area contributed by atoms with E-state index < -0.39 is 4.92 Å². The number of rotatable bonds is 13. The van der Waals surface area contributed by atoms with E-state index in [0.717, 1.165) is 48.9 Å². The molecule has 0 amide bonds. The normalized spacial score (nSPS) is 11.4. The molecule has 0 spiro atoms. The summed E-state index contributed by atoms with van der Waals surface area (Å²) in [5.74, 6) is 6.19. The number of hydrogen-bond donors (Lipinski definition) is 2. The summed E-state index contributed by atoms with van der Waals surface area (Å²) in [6.07, 6.45) is 6.03. The maximum absolute atomic E-state index is 10.5. The van der Waals surface area contributed by atoms with Crippen LogP contribution in [0, 0.1) is 22.5 Å². The molecule has 0 aliphatic rings. The molecule has 0 bridgehead atoms. The number of hydrogen-bond acceptors (Lipinski definition) is 7. The Kier molecular flexibility index (Phi) is 10.3. The Morgan fingerprint density at radius 1 is 1.40 bits per heavy atom. The van der Waals surface area contributed by atoms with Crippen molar-refractivity contribution in [3.8, 4) is 12.3 Å². The average Bonchev–Trinajstić information content (AvgIpc) is 3.04. The molecule has 25 heavy (non-hydrogen) atoms. The Morgan fingerprint density at radius 2 is 2.12 bits per heavy atom. The monoisotopic (exact) mass is 366 g/mol. The molecule has 0 aliphatic carbocycles. The number of nitrogens with one attached hydrogen (secondary N) is 2. The van der Waals surface area contributed by atoms with Gasteiger partial charge in [-0.25, -0.2) is 0 Å². The Hall–Kier alpha value is -2.11. The summed E-state index contributed by atoms with van der Waals surface area (Å²) in [6.45, 7) is 7.93. The molecule has 8 heteroatoms. The molecular formula is C17H26N4O3S. The third kappa shape index (κ3) is 9.08. The Bertz CT molecular complexity index is 591. The van der Waals surface area contributed by atoms with E-state index in [1.54, 1.807) is 11.8 Å². The van der Waals surface area contributed by atoms with Gasteiger partial charge in [0, 0.05) is 12.3 Å². The molecule has 0 aliphatic heterocycles. The fourth-order valence-corrected chi connectivity index (χ4v) is 2.84. The highest BCUT2D eigenvalue weighted by molar-refractivity contribution is 7.98. The van der Waals surface area contributed by atoms with Crippen LogP contribution in [0.5, 0.6) is 0 Å². The molecule has 1 heterocycles. The van der Waals surface area contributed by atoms with Crippen LogP contribution in [0.1, 0.15) is 25.4 Å². The Balaban J connectivity index is 2.30. The molecule has 1 aromatic heterocycles. The van der Waals surface area contributed by atoms with Crippen molar-refractivity contribution in [2.24, 2.45) is 0 Å². The van der Waals surface area contributed by atoms with Gasteiger partial charge < -0.3 is 15.1 Å². The van der Waals surface area contributed by atoms with Crippen molar-refractivity contribution in [1.82, 2.24) is 15.5 Å². The largest absolute Gasteiger partial charge is 0.464 e. The predicted octanol–water partition coefficient (Wildman–Crippen LogP) is 2.24. The van der Waals surface area contributed by atoms with Crippen LogP contribution in [0.3, 0.4) is 0 Å². The van der Waals surface area contributed by atoms with E-state index in [2.05, 4.69) is 35.3 Å². The molecule has 1 rings (SSSR count). The van der Waals surface area contributed by atoms with Crippen molar-refractivity contribution < 1.29 is 9.34 Å². The van der Waals surface area contributed by atoms with Crippen LogP contribution in [0.4, 0.5) is 0 Å². The lowest BCUT2D eigenvalue weighted by Crippen LogP contribution is -2.29. The van der Waals surface area contributed by atoms with Gasteiger partial charge in [0.05, 0.1) is 23.8 Å². The summed E-state index contributed by atoms with van der Waals surface area (Å²) < 4.78 is 5.83. The van der Waals surface area contributed by atoms with Gasteiger partial charge in [-0.15, -0.1) is 6.42 Å². The molecule has 0 atom stereocenters. The molecule has 0 unspecified atom stereocenters. The van der Waals surface area contributed by atoms with E-state index in [-0.39, 0.29) is 6.54 Å². The van der Waals surface area contributed by atoms with E-state index in [4.69, 9.17) is 10.8 Å². The van der Waals surface area contributed by atoms with Crippen LogP contribution in [0.15, 0.2) is 28.6 Å². The summed E-state index contributed by atoms with van der Waals surface area (Å²) in [4.78, 5) is 12.3. The SMILES string of the molecule is C#CCN/C(=C/[N+](=O)[O-])NCCSCc1ccc(CN(CC)CC)o1. The first-order chi connectivity index (χ1) is 12.1. The molecular weight excluding hydrogens is 340 g/mol. The van der Waals surface area contributed by atoms with Gasteiger partial charge in [-0.05, 0) is 25.2 Å². The van der Waals surface area contributed by atoms with Gasteiger partial charge in [0.25, 0.3) is 6.20 Å². The number of furan rings is 1. The zero-order valence-electron chi connectivity index (χ0n) is 14.8. The first-order valence-electron chi connectivity index (χ1n) is 8.23. The van der Waals surface area contributed by atoms with E-state index >= 15 is 0 Å². The molecule has 7 nitrogen and oxygen atoms in total. The summed E-state index contributed by atoms with van der Waals surface area (Å²) in [6, 6.07) is 4.03. The Morgan fingerprint density at radius 3 is 2.76 bits per heavy atom. The van der Waals surface area contributed by atoms with Crippen LogP contribution < -0.4 is 10.6 Å². The zero-order valence-corrected chi connectivity index (χ0v) is 15.6. The fourth-order valence-electron chi connectivity index (χ4n) is 2.09. The van der Waals surface area contributed by atoms with Gasteiger partial charge in [-0.3, -0.25) is 15.0 Å². The van der Waals surface area contributed by atoms with Gasteiger partial charge in [0.1, 0.15) is 11.5 Å². The maximum Gasteiger partial charge on any atom is 0.274 e. The van der Waals surface area contributed by atoms with Crippen molar-refractivity contribution in [3.63, 3.8) is 0 Å². The van der Waals surface area contributed by atoms with Crippen molar-refractivity contribution in [2.45, 2.75) is 26.1 Å². The van der Waals surface area contributed by atoms with Gasteiger partial charge in [-0.1, -0.05) is 19.8 Å². The fraction of sp³-hybridized carbons (Fsp3) is 0.529. The molecule has 0 radical (unpaired) electrons. The molecule has 0 saturated heterocycles. The van der Waals surface area contributed by atoms with Gasteiger partial charge in [-0.2, -0.15) is 11.8 Å². The van der Waals surface area contributed by atoms with Crippen molar-refractivity contribution in [2.75, 3.05) is 31.9 Å². The second-order valence-electron chi connectivity index (χ2n) is 5.19. The van der Waals surface area contributed by atoms with Crippen molar-refractivity contribution in [1.29, 1.82) is 0 Å². The topological polar surface area (TPSA) is 83.6 Å². The van der Waals surface area contributed by atoms with Crippen molar-refractivity contribution >= 4 is 11.8 Å². The second-order valence-corrected chi connectivity index (χ2v) is 6.30. The highest BCUT2D eigenvalue weighted by Crippen LogP contribution is 2.16. The summed E-state index contributed by atoms with van der Waals surface area (Å²) in [5, 5.41) is 16.3. The molecule has 1 aromatic rings. The third-order valence-electron chi connectivity index (χ3n) is 3.41. The van der Waals surface area contributed by atoms with Gasteiger partial charge >= 0.3 is 0 Å². The molecule has 0 fully saturated rings. The lowest BCUT2D eigenvalue weighted by molar-refractivity contribution is -0.404. The predicted molar refractivity (Wildman–Crippen MR) is 101 cm³/mol. The number of nitro groups is 1. The highest BCUT2D eigenvalue weighted by Gasteiger charge is 2.06. The number of thioether (sulfide) groups is 1. The zero-order chi connectivity index (χ0) is 18.5. The second kappa shape index (κ2) is 12.3. The quantitative estimate of drug-likeness (QED) is 0.240. The van der Waals surface area contributed by atoms with Crippen LogP contribution in [0.25, 0.3) is 0 Å². The van der Waals surface area contributed by atoms with E-state index in [9.17, 15) is 10.1 Å². The lowest BCUT2D eigenvalue weighted by Gasteiger charge is -2.15. The number of terminal acetylenes is 1. The summed E-state index contributed by atoms with van der Waals surface area (Å²) >= 11 is 1.70. The van der Waals surface area contributed by atoms with Crippen molar-refractivity contribution in [3.05, 3.63) is 45.8 Å². The summed E-state index contributed by atoms with van der Waals surface area (Å²) in [7, 11) is 0.